The van der Waals surface area contributed by atoms with E-state index >= 15 is 0 Å². The minimum Gasteiger partial charge on any atom is -0.369 e. The van der Waals surface area contributed by atoms with Crippen molar-refractivity contribution in [3.8, 4) is 0 Å². The van der Waals surface area contributed by atoms with Crippen molar-refractivity contribution < 1.29 is 18.4 Å². The van der Waals surface area contributed by atoms with Gasteiger partial charge in [0.2, 0.25) is 5.91 Å². The first-order valence-electron chi connectivity index (χ1n) is 13.5. The van der Waals surface area contributed by atoms with E-state index in [1.807, 2.05) is 19.1 Å². The van der Waals surface area contributed by atoms with Crippen LogP contribution in [-0.4, -0.2) is 70.6 Å². The zero-order valence-electron chi connectivity index (χ0n) is 23.4. The fourth-order valence-corrected chi connectivity index (χ4v) is 4.70. The first-order valence-corrected chi connectivity index (χ1v) is 13.5. The standard InChI is InChI=1S/C30H36F2N6O2/c1-5-8-23(24-15-21(26(32)16-31)11-12-22(24)20-9-6-10-20)27(18-37(4)19-28(39)36(2)3)35-30(40)25-17-34-38-14-7-13-33-29(25)38/h7-8,11-15,17-18,20,26H,5-6,9-10,16,19H2,1-4H3,(H,35,40)/b23-8-,27-18+. The van der Waals surface area contributed by atoms with E-state index < -0.39 is 18.8 Å². The van der Waals surface area contributed by atoms with Gasteiger partial charge in [0.15, 0.2) is 11.8 Å². The molecule has 0 bridgehead atoms. The van der Waals surface area contributed by atoms with Gasteiger partial charge >= 0.3 is 0 Å². The van der Waals surface area contributed by atoms with Crippen molar-refractivity contribution in [2.45, 2.75) is 44.7 Å². The van der Waals surface area contributed by atoms with Gasteiger partial charge in [0.05, 0.1) is 18.4 Å². The highest BCUT2D eigenvalue weighted by Gasteiger charge is 2.27. The number of alkyl halides is 2. The summed E-state index contributed by atoms with van der Waals surface area (Å²) in [6.07, 6.45) is 10.4. The normalized spacial score (nSPS) is 15.1. The Balaban J connectivity index is 1.82. The number of hydrogen-bond donors (Lipinski definition) is 1. The van der Waals surface area contributed by atoms with E-state index in [4.69, 9.17) is 0 Å². The lowest BCUT2D eigenvalue weighted by atomic mass is 9.76. The minimum absolute atomic E-state index is 0.0774. The minimum atomic E-state index is -1.75. The van der Waals surface area contributed by atoms with Crippen molar-refractivity contribution in [1.82, 2.24) is 29.7 Å². The van der Waals surface area contributed by atoms with Gasteiger partial charge in [-0.1, -0.05) is 31.6 Å². The Morgan fingerprint density at radius 2 is 2.00 bits per heavy atom. The molecule has 1 N–H and O–H groups in total. The highest BCUT2D eigenvalue weighted by molar-refractivity contribution is 6.02. The molecule has 2 aromatic heterocycles. The predicted octanol–water partition coefficient (Wildman–Crippen LogP) is 5.06. The Hall–Kier alpha value is -4.08. The van der Waals surface area contributed by atoms with Gasteiger partial charge in [-0.3, -0.25) is 9.59 Å². The smallest absolute Gasteiger partial charge is 0.261 e. The number of nitrogens with one attached hydrogen (secondary N) is 1. The summed E-state index contributed by atoms with van der Waals surface area (Å²) in [5.74, 6) is -0.248. The van der Waals surface area contributed by atoms with Crippen molar-refractivity contribution in [1.29, 1.82) is 0 Å². The monoisotopic (exact) mass is 550 g/mol. The molecule has 40 heavy (non-hydrogen) atoms. The van der Waals surface area contributed by atoms with Crippen LogP contribution < -0.4 is 5.32 Å². The number of allylic oxidation sites excluding steroid dienone is 2. The third-order valence-electron chi connectivity index (χ3n) is 7.11. The fraction of sp³-hybridized carbons (Fsp3) is 0.400. The molecule has 3 aromatic rings. The van der Waals surface area contributed by atoms with Crippen LogP contribution in [0.25, 0.3) is 11.2 Å². The number of carbonyl (C=O) groups is 2. The van der Waals surface area contributed by atoms with Crippen molar-refractivity contribution in [3.63, 3.8) is 0 Å². The second-order valence-electron chi connectivity index (χ2n) is 10.3. The third kappa shape index (κ3) is 6.38. The topological polar surface area (TPSA) is 82.8 Å². The van der Waals surface area contributed by atoms with E-state index in [-0.39, 0.29) is 23.6 Å². The van der Waals surface area contributed by atoms with Gasteiger partial charge in [0.1, 0.15) is 12.2 Å². The maximum Gasteiger partial charge on any atom is 0.261 e. The zero-order chi connectivity index (χ0) is 28.8. The number of hydrogen-bond acceptors (Lipinski definition) is 5. The van der Waals surface area contributed by atoms with Crippen molar-refractivity contribution in [3.05, 3.63) is 83.1 Å². The molecular weight excluding hydrogens is 514 g/mol. The number of amides is 2. The number of aromatic nitrogens is 3. The molecule has 1 atom stereocenters. The average Bonchev–Trinajstić information content (AvgIpc) is 3.34. The molecule has 0 aliphatic heterocycles. The lowest BCUT2D eigenvalue weighted by Crippen LogP contribution is -2.33. The number of benzene rings is 1. The van der Waals surface area contributed by atoms with Crippen LogP contribution in [0.5, 0.6) is 0 Å². The molecule has 212 valence electrons. The maximum absolute atomic E-state index is 14.6. The third-order valence-corrected chi connectivity index (χ3v) is 7.11. The van der Waals surface area contributed by atoms with Crippen LogP contribution in [0, 0.1) is 0 Å². The summed E-state index contributed by atoms with van der Waals surface area (Å²) in [4.78, 5) is 33.6. The van der Waals surface area contributed by atoms with E-state index in [0.29, 0.717) is 29.3 Å². The van der Waals surface area contributed by atoms with Crippen LogP contribution >= 0.6 is 0 Å². The molecule has 1 aliphatic carbocycles. The number of carbonyl (C=O) groups excluding carboxylic acids is 2. The van der Waals surface area contributed by atoms with Crippen molar-refractivity contribution >= 4 is 23.0 Å². The van der Waals surface area contributed by atoms with E-state index in [1.165, 1.54) is 15.6 Å². The molecule has 2 amide bonds. The number of fused-ring (bicyclic) bond motifs is 1. The molecule has 0 radical (unpaired) electrons. The van der Waals surface area contributed by atoms with E-state index in [1.54, 1.807) is 62.8 Å². The fourth-order valence-electron chi connectivity index (χ4n) is 4.70. The van der Waals surface area contributed by atoms with Crippen LogP contribution in [0.1, 0.15) is 71.7 Å². The molecule has 1 unspecified atom stereocenters. The second-order valence-corrected chi connectivity index (χ2v) is 10.3. The number of halogens is 2. The van der Waals surface area contributed by atoms with Crippen LogP contribution in [0.15, 0.2) is 60.8 Å². The number of rotatable bonds is 11. The molecule has 4 rings (SSSR count). The number of likely N-dealkylation sites (N-methyl/N-ethyl adjacent to an activating group) is 2. The van der Waals surface area contributed by atoms with E-state index in [2.05, 4.69) is 15.4 Å². The van der Waals surface area contributed by atoms with Gasteiger partial charge < -0.3 is 15.1 Å². The van der Waals surface area contributed by atoms with Gasteiger partial charge in [-0.25, -0.2) is 18.3 Å². The molecule has 1 aliphatic rings. The summed E-state index contributed by atoms with van der Waals surface area (Å²) < 4.78 is 29.4. The maximum atomic E-state index is 14.6. The van der Waals surface area contributed by atoms with E-state index in [0.717, 1.165) is 30.4 Å². The molecule has 1 fully saturated rings. The molecule has 2 heterocycles. The van der Waals surface area contributed by atoms with Crippen LogP contribution in [0.4, 0.5) is 8.78 Å². The van der Waals surface area contributed by atoms with Gasteiger partial charge in [0, 0.05) is 45.3 Å². The molecule has 10 heteroatoms. The Labute approximate surface area is 233 Å². The highest BCUT2D eigenvalue weighted by Crippen LogP contribution is 2.42. The van der Waals surface area contributed by atoms with Crippen LogP contribution in [0.3, 0.4) is 0 Å². The van der Waals surface area contributed by atoms with Gasteiger partial charge in [-0.2, -0.15) is 5.10 Å². The molecular formula is C30H36F2N6O2. The molecule has 1 saturated carbocycles. The summed E-state index contributed by atoms with van der Waals surface area (Å²) in [5, 5.41) is 7.24. The number of nitrogens with zero attached hydrogens (tertiary/aromatic N) is 5. The summed E-state index contributed by atoms with van der Waals surface area (Å²) in [6, 6.07) is 6.95. The van der Waals surface area contributed by atoms with Crippen molar-refractivity contribution in [2.75, 3.05) is 34.4 Å². The SMILES string of the molecule is CC/C=C(\C(=C/N(C)CC(=O)N(C)C)NC(=O)c1cnn2cccnc12)c1cc(C(F)CF)ccc1C1CCC1. The summed E-state index contributed by atoms with van der Waals surface area (Å²) in [7, 11) is 5.10. The molecule has 0 spiro atoms. The largest absolute Gasteiger partial charge is 0.369 e. The average molecular weight is 551 g/mol. The lowest BCUT2D eigenvalue weighted by Gasteiger charge is -2.30. The molecule has 0 saturated heterocycles. The van der Waals surface area contributed by atoms with Crippen molar-refractivity contribution in [2.24, 2.45) is 0 Å². The predicted molar refractivity (Wildman–Crippen MR) is 151 cm³/mol. The van der Waals surface area contributed by atoms with Crippen LogP contribution in [0.2, 0.25) is 0 Å². The van der Waals surface area contributed by atoms with Gasteiger partial charge in [0.25, 0.3) is 5.91 Å². The Morgan fingerprint density at radius 3 is 2.65 bits per heavy atom. The Kier molecular flexibility index (Phi) is 9.29. The second kappa shape index (κ2) is 12.8. The summed E-state index contributed by atoms with van der Waals surface area (Å²) >= 11 is 0. The highest BCUT2D eigenvalue weighted by atomic mass is 19.2. The first kappa shape index (κ1) is 28.9. The summed E-state index contributed by atoms with van der Waals surface area (Å²) in [6.45, 7) is 0.930. The zero-order valence-corrected chi connectivity index (χ0v) is 23.4. The van der Waals surface area contributed by atoms with Crippen LogP contribution in [-0.2, 0) is 4.79 Å². The lowest BCUT2D eigenvalue weighted by molar-refractivity contribution is -0.129. The Bertz CT molecular complexity index is 1430. The molecule has 8 nitrogen and oxygen atoms in total. The first-order chi connectivity index (χ1) is 19.2. The van der Waals surface area contributed by atoms with Gasteiger partial charge in [-0.15, -0.1) is 0 Å². The van der Waals surface area contributed by atoms with Gasteiger partial charge in [-0.05, 0) is 54.0 Å². The Morgan fingerprint density at radius 1 is 1.23 bits per heavy atom. The summed E-state index contributed by atoms with van der Waals surface area (Å²) in [5.41, 5.74) is 3.82. The molecule has 1 aromatic carbocycles. The van der Waals surface area contributed by atoms with E-state index in [9.17, 15) is 18.4 Å². The quantitative estimate of drug-likeness (QED) is 0.338.